The molecule has 1 fully saturated rings. The molecule has 0 saturated heterocycles. The molecular formula is C13H20N2O2S. The highest BCUT2D eigenvalue weighted by atomic mass is 32.1. The molecule has 18 heavy (non-hydrogen) atoms. The number of esters is 1. The molecular weight excluding hydrogens is 248 g/mol. The van der Waals surface area contributed by atoms with Crippen LogP contribution in [0.2, 0.25) is 0 Å². The number of ether oxygens (including phenoxy) is 1. The Kier molecular flexibility index (Phi) is 4.58. The van der Waals surface area contributed by atoms with E-state index in [1.165, 1.54) is 44.1 Å². The lowest BCUT2D eigenvalue weighted by atomic mass is 9.80. The molecule has 0 aromatic carbocycles. The Balaban J connectivity index is 1.86. The summed E-state index contributed by atoms with van der Waals surface area (Å²) in [7, 11) is 1.39. The van der Waals surface area contributed by atoms with Gasteiger partial charge in [0.1, 0.15) is 4.88 Å². The molecule has 0 aliphatic heterocycles. The van der Waals surface area contributed by atoms with Gasteiger partial charge in [-0.1, -0.05) is 37.5 Å². The van der Waals surface area contributed by atoms with Gasteiger partial charge in [0.25, 0.3) is 0 Å². The van der Waals surface area contributed by atoms with Crippen molar-refractivity contribution in [2.24, 2.45) is 11.8 Å². The number of anilines is 1. The Hall–Kier alpha value is -1.10. The minimum absolute atomic E-state index is 0.313. The van der Waals surface area contributed by atoms with Gasteiger partial charge in [0.2, 0.25) is 0 Å². The highest BCUT2D eigenvalue weighted by Gasteiger charge is 2.21. The van der Waals surface area contributed by atoms with Crippen LogP contribution in [-0.2, 0) is 4.74 Å². The summed E-state index contributed by atoms with van der Waals surface area (Å²) in [4.78, 5) is 16.1. The summed E-state index contributed by atoms with van der Waals surface area (Å²) in [6, 6.07) is 0. The Bertz CT molecular complexity index is 405. The summed E-state index contributed by atoms with van der Waals surface area (Å²) in [5, 5.41) is 4.16. The average Bonchev–Trinajstić information content (AvgIpc) is 2.86. The number of thiazole rings is 1. The van der Waals surface area contributed by atoms with E-state index in [-0.39, 0.29) is 5.97 Å². The lowest BCUT2D eigenvalue weighted by Gasteiger charge is -2.28. The highest BCUT2D eigenvalue weighted by Crippen LogP contribution is 2.30. The molecule has 0 amide bonds. The predicted octanol–water partition coefficient (Wildman–Crippen LogP) is 3.17. The summed E-state index contributed by atoms with van der Waals surface area (Å²) in [5.74, 6) is 1.20. The maximum absolute atomic E-state index is 11.3. The molecule has 1 heterocycles. The van der Waals surface area contributed by atoms with Crippen LogP contribution in [0, 0.1) is 11.8 Å². The summed E-state index contributed by atoms with van der Waals surface area (Å²) < 4.78 is 4.66. The summed E-state index contributed by atoms with van der Waals surface area (Å²) >= 11 is 1.36. The normalized spacial score (nSPS) is 23.7. The minimum Gasteiger partial charge on any atom is -0.465 e. The van der Waals surface area contributed by atoms with Crippen LogP contribution >= 0.6 is 11.3 Å². The van der Waals surface area contributed by atoms with Gasteiger partial charge in [-0.05, 0) is 18.3 Å². The van der Waals surface area contributed by atoms with Gasteiger partial charge in [-0.2, -0.15) is 0 Å². The van der Waals surface area contributed by atoms with Gasteiger partial charge in [0.15, 0.2) is 5.13 Å². The van der Waals surface area contributed by atoms with Gasteiger partial charge in [-0.15, -0.1) is 0 Å². The Labute approximate surface area is 112 Å². The zero-order chi connectivity index (χ0) is 13.0. The number of methoxy groups -OCH3 is 1. The van der Waals surface area contributed by atoms with E-state index in [9.17, 15) is 4.79 Å². The molecule has 5 heteroatoms. The van der Waals surface area contributed by atoms with Crippen molar-refractivity contribution in [2.75, 3.05) is 19.0 Å². The quantitative estimate of drug-likeness (QED) is 0.852. The highest BCUT2D eigenvalue weighted by molar-refractivity contribution is 7.17. The smallest absolute Gasteiger partial charge is 0.349 e. The van der Waals surface area contributed by atoms with Crippen LogP contribution in [0.25, 0.3) is 0 Å². The first-order chi connectivity index (χ1) is 8.70. The molecule has 100 valence electrons. The molecule has 2 rings (SSSR count). The third-order valence-electron chi connectivity index (χ3n) is 3.70. The van der Waals surface area contributed by atoms with Crippen molar-refractivity contribution >= 4 is 22.4 Å². The zero-order valence-corrected chi connectivity index (χ0v) is 11.8. The van der Waals surface area contributed by atoms with Gasteiger partial charge in [0.05, 0.1) is 13.3 Å². The van der Waals surface area contributed by atoms with Crippen LogP contribution < -0.4 is 5.32 Å². The summed E-state index contributed by atoms with van der Waals surface area (Å²) in [6.07, 6.45) is 6.90. The molecule has 1 saturated carbocycles. The fraction of sp³-hybridized carbons (Fsp3) is 0.692. The second-order valence-electron chi connectivity index (χ2n) is 4.92. The molecule has 1 aromatic heterocycles. The van der Waals surface area contributed by atoms with Gasteiger partial charge < -0.3 is 10.1 Å². The molecule has 1 aliphatic rings. The molecule has 1 aromatic rings. The van der Waals surface area contributed by atoms with E-state index < -0.39 is 0 Å². The maximum Gasteiger partial charge on any atom is 0.349 e. The standard InChI is InChI=1S/C13H20N2O2S/c1-9-5-3-4-6-10(9)7-14-13-15-8-11(18-13)12(16)17-2/h8-10H,3-7H2,1-2H3,(H,14,15). The SMILES string of the molecule is COC(=O)c1cnc(NCC2CCCCC2C)s1. The molecule has 2 atom stereocenters. The summed E-state index contributed by atoms with van der Waals surface area (Å²) in [6.45, 7) is 3.28. The molecule has 0 spiro atoms. The fourth-order valence-corrected chi connectivity index (χ4v) is 3.21. The van der Waals surface area contributed by atoms with Crippen molar-refractivity contribution in [3.63, 3.8) is 0 Å². The number of hydrogen-bond acceptors (Lipinski definition) is 5. The van der Waals surface area contributed by atoms with Crippen molar-refractivity contribution in [2.45, 2.75) is 32.6 Å². The number of carbonyl (C=O) groups excluding carboxylic acids is 1. The molecule has 1 aliphatic carbocycles. The third-order valence-corrected chi connectivity index (χ3v) is 4.63. The van der Waals surface area contributed by atoms with Gasteiger partial charge >= 0.3 is 5.97 Å². The van der Waals surface area contributed by atoms with Crippen LogP contribution in [0.4, 0.5) is 5.13 Å². The second kappa shape index (κ2) is 6.18. The van der Waals surface area contributed by atoms with Crippen LogP contribution in [0.3, 0.4) is 0 Å². The van der Waals surface area contributed by atoms with E-state index >= 15 is 0 Å². The Morgan fingerprint density at radius 1 is 1.56 bits per heavy atom. The van der Waals surface area contributed by atoms with E-state index in [1.807, 2.05) is 0 Å². The van der Waals surface area contributed by atoms with Crippen LogP contribution in [0.15, 0.2) is 6.20 Å². The van der Waals surface area contributed by atoms with Crippen molar-refractivity contribution in [3.8, 4) is 0 Å². The monoisotopic (exact) mass is 268 g/mol. The first kappa shape index (κ1) is 13.3. The van der Waals surface area contributed by atoms with Crippen molar-refractivity contribution in [1.82, 2.24) is 4.98 Å². The average molecular weight is 268 g/mol. The van der Waals surface area contributed by atoms with E-state index in [1.54, 1.807) is 6.20 Å². The number of nitrogens with zero attached hydrogens (tertiary/aromatic N) is 1. The molecule has 0 radical (unpaired) electrons. The number of aromatic nitrogens is 1. The third kappa shape index (κ3) is 3.22. The summed E-state index contributed by atoms with van der Waals surface area (Å²) in [5.41, 5.74) is 0. The fourth-order valence-electron chi connectivity index (χ4n) is 2.47. The molecule has 0 bridgehead atoms. The van der Waals surface area contributed by atoms with Crippen molar-refractivity contribution < 1.29 is 9.53 Å². The Morgan fingerprint density at radius 2 is 2.33 bits per heavy atom. The molecule has 4 nitrogen and oxygen atoms in total. The minimum atomic E-state index is -0.313. The number of hydrogen-bond donors (Lipinski definition) is 1. The first-order valence-corrected chi connectivity index (χ1v) is 7.30. The van der Waals surface area contributed by atoms with E-state index in [0.29, 0.717) is 4.88 Å². The lowest BCUT2D eigenvalue weighted by molar-refractivity contribution is 0.0606. The van der Waals surface area contributed by atoms with Crippen LogP contribution in [-0.4, -0.2) is 24.6 Å². The zero-order valence-electron chi connectivity index (χ0n) is 10.9. The lowest BCUT2D eigenvalue weighted by Crippen LogP contribution is -2.24. The molecule has 2 unspecified atom stereocenters. The van der Waals surface area contributed by atoms with Crippen LogP contribution in [0.1, 0.15) is 42.3 Å². The van der Waals surface area contributed by atoms with E-state index in [0.717, 1.165) is 23.5 Å². The Morgan fingerprint density at radius 3 is 3.06 bits per heavy atom. The van der Waals surface area contributed by atoms with Crippen LogP contribution in [0.5, 0.6) is 0 Å². The maximum atomic E-state index is 11.3. The second-order valence-corrected chi connectivity index (χ2v) is 5.95. The number of carbonyl (C=O) groups is 1. The van der Waals surface area contributed by atoms with E-state index in [4.69, 9.17) is 0 Å². The van der Waals surface area contributed by atoms with Crippen molar-refractivity contribution in [3.05, 3.63) is 11.1 Å². The van der Waals surface area contributed by atoms with E-state index in [2.05, 4.69) is 22.0 Å². The predicted molar refractivity (Wildman–Crippen MR) is 73.1 cm³/mol. The molecule has 1 N–H and O–H groups in total. The van der Waals surface area contributed by atoms with Crippen molar-refractivity contribution in [1.29, 1.82) is 0 Å². The number of rotatable bonds is 4. The van der Waals surface area contributed by atoms with Gasteiger partial charge in [-0.25, -0.2) is 9.78 Å². The largest absolute Gasteiger partial charge is 0.465 e. The van der Waals surface area contributed by atoms with Gasteiger partial charge in [0, 0.05) is 6.54 Å². The topological polar surface area (TPSA) is 51.2 Å². The first-order valence-electron chi connectivity index (χ1n) is 6.48. The number of nitrogens with one attached hydrogen (secondary N) is 1. The van der Waals surface area contributed by atoms with Gasteiger partial charge in [-0.3, -0.25) is 0 Å².